The maximum absolute atomic E-state index is 11.1. The van der Waals surface area contributed by atoms with Gasteiger partial charge in [-0.2, -0.15) is 0 Å². The van der Waals surface area contributed by atoms with Crippen LogP contribution in [0.25, 0.3) is 0 Å². The average Bonchev–Trinajstić information content (AvgIpc) is 2.39. The first-order valence-corrected chi connectivity index (χ1v) is 7.60. The lowest BCUT2D eigenvalue weighted by Gasteiger charge is -2.02. The number of rotatable bonds is 10. The molecule has 0 aromatic rings. The smallest absolute Gasteiger partial charge is 0.331 e. The lowest BCUT2D eigenvalue weighted by molar-refractivity contribution is -0.135. The zero-order chi connectivity index (χ0) is 14.3. The molecule has 0 amide bonds. The molecule has 0 saturated carbocycles. The Hall–Kier alpha value is -1.23. The fourth-order valence-electron chi connectivity index (χ4n) is 1.02. The number of unbranched alkanes of at least 4 members (excludes halogenated alkanes) is 2. The Morgan fingerprint density at radius 3 is 1.68 bits per heavy atom. The van der Waals surface area contributed by atoms with Crippen LogP contribution in [0.3, 0.4) is 0 Å². The number of hydrogen-bond acceptors (Lipinski definition) is 5. The van der Waals surface area contributed by atoms with Gasteiger partial charge in [-0.1, -0.05) is 50.6 Å². The van der Waals surface area contributed by atoms with Gasteiger partial charge in [0, 0.05) is 12.2 Å². The van der Waals surface area contributed by atoms with E-state index in [1.807, 2.05) is 13.8 Å². The van der Waals surface area contributed by atoms with Crippen LogP contribution in [0.2, 0.25) is 0 Å². The highest BCUT2D eigenvalue weighted by Crippen LogP contribution is 2.02. The quantitative estimate of drug-likeness (QED) is 0.266. The molecule has 4 nitrogen and oxygen atoms in total. The number of ether oxygens (including phenoxy) is 2. The molecule has 19 heavy (non-hydrogen) atoms. The molecule has 0 spiro atoms. The van der Waals surface area contributed by atoms with Crippen LogP contribution in [0.15, 0.2) is 24.3 Å². The number of thioether (sulfide) groups is 1. The Bertz CT molecular complexity index is 281. The topological polar surface area (TPSA) is 52.6 Å². The zero-order valence-corrected chi connectivity index (χ0v) is 12.4. The van der Waals surface area contributed by atoms with E-state index in [9.17, 15) is 9.59 Å². The third-order valence-electron chi connectivity index (χ3n) is 1.99. The van der Waals surface area contributed by atoms with Gasteiger partial charge in [0.25, 0.3) is 0 Å². The summed E-state index contributed by atoms with van der Waals surface area (Å²) in [5.74, 6) is -0.368. The van der Waals surface area contributed by atoms with Crippen molar-refractivity contribution in [1.29, 1.82) is 0 Å². The Kier molecular flexibility index (Phi) is 12.4. The van der Waals surface area contributed by atoms with E-state index >= 15 is 0 Å². The molecule has 0 saturated heterocycles. The first kappa shape index (κ1) is 17.8. The Morgan fingerprint density at radius 1 is 0.895 bits per heavy atom. The van der Waals surface area contributed by atoms with E-state index in [1.54, 1.807) is 12.2 Å². The summed E-state index contributed by atoms with van der Waals surface area (Å²) in [7, 11) is 0. The van der Waals surface area contributed by atoms with Gasteiger partial charge in [0.1, 0.15) is 11.9 Å². The van der Waals surface area contributed by atoms with Gasteiger partial charge in [-0.25, -0.2) is 9.59 Å². The van der Waals surface area contributed by atoms with Crippen LogP contribution in [0.5, 0.6) is 0 Å². The first-order valence-electron chi connectivity index (χ1n) is 6.45. The summed E-state index contributed by atoms with van der Waals surface area (Å²) in [6, 6.07) is 0. The molecule has 108 valence electrons. The van der Waals surface area contributed by atoms with Gasteiger partial charge >= 0.3 is 11.9 Å². The van der Waals surface area contributed by atoms with Crippen LogP contribution in [-0.4, -0.2) is 23.8 Å². The zero-order valence-electron chi connectivity index (χ0n) is 11.6. The summed E-state index contributed by atoms with van der Waals surface area (Å²) in [4.78, 5) is 22.3. The van der Waals surface area contributed by atoms with Gasteiger partial charge in [-0.3, -0.25) is 0 Å². The molecule has 0 rings (SSSR count). The van der Waals surface area contributed by atoms with Crippen molar-refractivity contribution in [3.8, 4) is 0 Å². The molecule has 0 aromatic heterocycles. The Labute approximate surface area is 119 Å². The minimum absolute atomic E-state index is 0.182. The number of hydrogen-bond donors (Lipinski definition) is 0. The normalized spacial score (nSPS) is 11.1. The van der Waals surface area contributed by atoms with Crippen molar-refractivity contribution < 1.29 is 19.1 Å². The molecular weight excluding hydrogens is 264 g/mol. The molecular formula is C14H22O4S. The minimum atomic E-state index is -0.366. The van der Waals surface area contributed by atoms with Crippen molar-refractivity contribution in [2.75, 3.05) is 11.9 Å². The summed E-state index contributed by atoms with van der Waals surface area (Å²) in [5, 5.41) is 0. The lowest BCUT2D eigenvalue weighted by Crippen LogP contribution is -2.03. The molecule has 0 radical (unpaired) electrons. The summed E-state index contributed by atoms with van der Waals surface area (Å²) in [6.07, 6.45) is 10.1. The summed E-state index contributed by atoms with van der Waals surface area (Å²) < 4.78 is 9.79. The first-order chi connectivity index (χ1) is 9.20. The lowest BCUT2D eigenvalue weighted by atomic mass is 10.3. The van der Waals surface area contributed by atoms with Crippen molar-refractivity contribution in [3.63, 3.8) is 0 Å². The second-order valence-electron chi connectivity index (χ2n) is 3.75. The summed E-state index contributed by atoms with van der Waals surface area (Å²) in [6.45, 7) is 4.07. The number of carbonyl (C=O) groups excluding carboxylic acids is 2. The molecule has 0 aliphatic heterocycles. The van der Waals surface area contributed by atoms with Gasteiger partial charge < -0.3 is 9.47 Å². The molecule has 0 aromatic carbocycles. The minimum Gasteiger partial charge on any atom is -0.451 e. The monoisotopic (exact) mass is 286 g/mol. The van der Waals surface area contributed by atoms with Gasteiger partial charge in [-0.15, -0.1) is 0 Å². The van der Waals surface area contributed by atoms with Crippen LogP contribution < -0.4 is 0 Å². The van der Waals surface area contributed by atoms with E-state index in [2.05, 4.69) is 0 Å². The summed E-state index contributed by atoms with van der Waals surface area (Å²) >= 11 is 1.23. The molecule has 0 fully saturated rings. The van der Waals surface area contributed by atoms with E-state index in [-0.39, 0.29) is 23.8 Å². The molecule has 0 N–H and O–H groups in total. The predicted octanol–water partition coefficient (Wildman–Crippen LogP) is 3.43. The van der Waals surface area contributed by atoms with Crippen LogP contribution >= 0.6 is 11.8 Å². The van der Waals surface area contributed by atoms with Crippen LogP contribution in [-0.2, 0) is 19.1 Å². The van der Waals surface area contributed by atoms with Gasteiger partial charge in [0.05, 0.1) is 0 Å². The maximum Gasteiger partial charge on any atom is 0.331 e. The van der Waals surface area contributed by atoms with Gasteiger partial charge in [0.15, 0.2) is 0 Å². The second kappa shape index (κ2) is 13.2. The molecule has 0 atom stereocenters. The highest BCUT2D eigenvalue weighted by molar-refractivity contribution is 7.99. The predicted molar refractivity (Wildman–Crippen MR) is 77.6 cm³/mol. The Balaban J connectivity index is 3.49. The number of allylic oxidation sites excluding steroid dienone is 2. The molecule has 0 heterocycles. The maximum atomic E-state index is 11.1. The fourth-order valence-corrected chi connectivity index (χ4v) is 1.49. The van der Waals surface area contributed by atoms with E-state index < -0.39 is 0 Å². The van der Waals surface area contributed by atoms with E-state index in [1.165, 1.54) is 23.9 Å². The third kappa shape index (κ3) is 13.0. The van der Waals surface area contributed by atoms with Gasteiger partial charge in [0.2, 0.25) is 0 Å². The van der Waals surface area contributed by atoms with Crippen LogP contribution in [0.1, 0.15) is 39.5 Å². The molecule has 0 aliphatic carbocycles. The molecule has 5 heteroatoms. The number of esters is 2. The summed E-state index contributed by atoms with van der Waals surface area (Å²) in [5.41, 5.74) is 0. The number of carbonyl (C=O) groups is 2. The van der Waals surface area contributed by atoms with E-state index in [4.69, 9.17) is 9.47 Å². The molecule has 0 unspecified atom stereocenters. The standard InChI is InChI=1S/C14H22O4S/c1-3-5-7-9-13(15)17-11-19-12-18-14(16)10-8-6-4-2/h7-10H,3-6,11-12H2,1-2H3/b9-7+,10-8+. The van der Waals surface area contributed by atoms with Crippen molar-refractivity contribution in [1.82, 2.24) is 0 Å². The van der Waals surface area contributed by atoms with Crippen LogP contribution in [0.4, 0.5) is 0 Å². The largest absolute Gasteiger partial charge is 0.451 e. The highest BCUT2D eigenvalue weighted by Gasteiger charge is 1.99. The van der Waals surface area contributed by atoms with Gasteiger partial charge in [-0.05, 0) is 12.8 Å². The van der Waals surface area contributed by atoms with E-state index in [0.29, 0.717) is 0 Å². The highest BCUT2D eigenvalue weighted by atomic mass is 32.2. The Morgan fingerprint density at radius 2 is 1.32 bits per heavy atom. The van der Waals surface area contributed by atoms with Crippen LogP contribution in [0, 0.1) is 0 Å². The van der Waals surface area contributed by atoms with Crippen molar-refractivity contribution in [2.45, 2.75) is 39.5 Å². The molecule has 0 aliphatic rings. The van der Waals surface area contributed by atoms with Crippen molar-refractivity contribution in [3.05, 3.63) is 24.3 Å². The van der Waals surface area contributed by atoms with Crippen molar-refractivity contribution >= 4 is 23.7 Å². The SMILES string of the molecule is CCC/C=C/C(=O)OCSCOC(=O)/C=C/CCC. The third-order valence-corrected chi connectivity index (χ3v) is 2.56. The fraction of sp³-hybridized carbons (Fsp3) is 0.571. The average molecular weight is 286 g/mol. The van der Waals surface area contributed by atoms with Crippen molar-refractivity contribution in [2.24, 2.45) is 0 Å². The second-order valence-corrected chi connectivity index (χ2v) is 4.63. The van der Waals surface area contributed by atoms with E-state index in [0.717, 1.165) is 25.7 Å². The molecule has 0 bridgehead atoms.